The van der Waals surface area contributed by atoms with Crippen LogP contribution in [0.4, 0.5) is 0 Å². The Morgan fingerprint density at radius 1 is 1.28 bits per heavy atom. The summed E-state index contributed by atoms with van der Waals surface area (Å²) >= 11 is 1.20. The van der Waals surface area contributed by atoms with E-state index >= 15 is 0 Å². The van der Waals surface area contributed by atoms with E-state index in [9.17, 15) is 8.42 Å². The van der Waals surface area contributed by atoms with Crippen LogP contribution >= 0.6 is 35.3 Å². The van der Waals surface area contributed by atoms with Crippen LogP contribution in [0.2, 0.25) is 0 Å². The van der Waals surface area contributed by atoms with Crippen molar-refractivity contribution in [2.24, 2.45) is 10.9 Å². The number of aliphatic imine (C=N–C) groups is 1. The number of hydrogen-bond donors (Lipinski definition) is 3. The van der Waals surface area contributed by atoms with Gasteiger partial charge in [0.05, 0.1) is 0 Å². The lowest BCUT2D eigenvalue weighted by molar-refractivity contribution is 0.108. The van der Waals surface area contributed by atoms with Crippen LogP contribution in [0.5, 0.6) is 0 Å². The molecule has 7 nitrogen and oxygen atoms in total. The van der Waals surface area contributed by atoms with E-state index in [0.29, 0.717) is 35.8 Å². The first kappa shape index (κ1) is 24.6. The van der Waals surface area contributed by atoms with Gasteiger partial charge in [-0.05, 0) is 23.8 Å². The van der Waals surface area contributed by atoms with E-state index in [-0.39, 0.29) is 24.0 Å². The second-order valence-electron chi connectivity index (χ2n) is 5.58. The quantitative estimate of drug-likeness (QED) is 0.185. The fraction of sp³-hybridized carbons (Fsp3) is 0.667. The molecular weight excluding hydrogens is 475 g/mol. The number of nitrogens with zero attached hydrogens (tertiary/aromatic N) is 1. The Kier molecular flexibility index (Phi) is 13.5. The summed E-state index contributed by atoms with van der Waals surface area (Å²) in [6, 6.07) is 3.30. The van der Waals surface area contributed by atoms with Gasteiger partial charge >= 0.3 is 0 Å². The van der Waals surface area contributed by atoms with Crippen molar-refractivity contribution in [2.45, 2.75) is 24.5 Å². The van der Waals surface area contributed by atoms with E-state index in [1.54, 1.807) is 24.6 Å². The lowest BCUT2D eigenvalue weighted by Gasteiger charge is -2.12. The maximum Gasteiger partial charge on any atom is 0.250 e. The highest BCUT2D eigenvalue weighted by atomic mass is 127. The molecule has 0 amide bonds. The van der Waals surface area contributed by atoms with Gasteiger partial charge in [0.2, 0.25) is 10.0 Å². The molecule has 0 saturated carbocycles. The highest BCUT2D eigenvalue weighted by Gasteiger charge is 2.13. The Bertz CT molecular complexity index is 578. The van der Waals surface area contributed by atoms with Crippen molar-refractivity contribution in [3.8, 4) is 0 Å². The fourth-order valence-corrected chi connectivity index (χ4v) is 3.84. The van der Waals surface area contributed by atoms with Crippen LogP contribution in [-0.2, 0) is 14.8 Å². The molecule has 25 heavy (non-hydrogen) atoms. The maximum atomic E-state index is 11.9. The molecule has 0 radical (unpaired) electrons. The molecule has 0 saturated heterocycles. The van der Waals surface area contributed by atoms with Gasteiger partial charge in [-0.3, -0.25) is 4.99 Å². The van der Waals surface area contributed by atoms with Gasteiger partial charge in [0.15, 0.2) is 5.96 Å². The smallest absolute Gasteiger partial charge is 0.250 e. The summed E-state index contributed by atoms with van der Waals surface area (Å²) in [5.74, 6) is 1.19. The average Bonchev–Trinajstić information content (AvgIpc) is 3.07. The molecule has 0 aliphatic carbocycles. The predicted octanol–water partition coefficient (Wildman–Crippen LogP) is 1.87. The third kappa shape index (κ3) is 11.0. The molecule has 1 aromatic heterocycles. The average molecular weight is 504 g/mol. The number of ether oxygens (including phenoxy) is 1. The minimum absolute atomic E-state index is 0. The molecule has 0 aromatic carbocycles. The van der Waals surface area contributed by atoms with Crippen molar-refractivity contribution >= 4 is 51.3 Å². The topological polar surface area (TPSA) is 91.8 Å². The number of sulfonamides is 1. The zero-order valence-electron chi connectivity index (χ0n) is 14.9. The summed E-state index contributed by atoms with van der Waals surface area (Å²) in [6.45, 7) is 7.22. The number of thiophene rings is 1. The maximum absolute atomic E-state index is 11.9. The van der Waals surface area contributed by atoms with Crippen LogP contribution in [0, 0.1) is 5.92 Å². The molecule has 0 atom stereocenters. The molecule has 10 heteroatoms. The van der Waals surface area contributed by atoms with E-state index in [1.165, 1.54) is 11.3 Å². The van der Waals surface area contributed by atoms with E-state index in [2.05, 4.69) is 34.2 Å². The highest BCUT2D eigenvalue weighted by molar-refractivity contribution is 14.0. The summed E-state index contributed by atoms with van der Waals surface area (Å²) in [5, 5.41) is 7.98. The van der Waals surface area contributed by atoms with Gasteiger partial charge in [-0.1, -0.05) is 19.9 Å². The molecule has 1 aromatic rings. The van der Waals surface area contributed by atoms with Crippen LogP contribution in [0.1, 0.15) is 20.3 Å². The van der Waals surface area contributed by atoms with Crippen molar-refractivity contribution in [2.75, 3.05) is 39.9 Å². The number of rotatable bonds is 11. The van der Waals surface area contributed by atoms with Gasteiger partial charge in [0.1, 0.15) is 4.21 Å². The SMILES string of the molecule is CN=C(NCCCOCC(C)C)NCCNS(=O)(=O)c1cccs1.I. The number of nitrogens with one attached hydrogen (secondary N) is 3. The molecule has 3 N–H and O–H groups in total. The molecule has 1 heterocycles. The van der Waals surface area contributed by atoms with Gasteiger partial charge in [-0.2, -0.15) is 0 Å². The van der Waals surface area contributed by atoms with Crippen LogP contribution in [0.3, 0.4) is 0 Å². The molecular formula is C15H29IN4O3S2. The first-order chi connectivity index (χ1) is 11.5. The number of guanidine groups is 1. The van der Waals surface area contributed by atoms with E-state index < -0.39 is 10.0 Å². The lowest BCUT2D eigenvalue weighted by Crippen LogP contribution is -2.41. The summed E-state index contributed by atoms with van der Waals surface area (Å²) in [5.41, 5.74) is 0. The number of halogens is 1. The second-order valence-corrected chi connectivity index (χ2v) is 8.52. The molecule has 0 bridgehead atoms. The Hall–Kier alpha value is -0.430. The van der Waals surface area contributed by atoms with E-state index in [1.807, 2.05) is 0 Å². The molecule has 146 valence electrons. The van der Waals surface area contributed by atoms with Crippen LogP contribution in [0.15, 0.2) is 26.7 Å². The van der Waals surface area contributed by atoms with E-state index in [0.717, 1.165) is 19.6 Å². The van der Waals surface area contributed by atoms with Gasteiger partial charge in [0, 0.05) is 39.9 Å². The highest BCUT2D eigenvalue weighted by Crippen LogP contribution is 2.14. The molecule has 0 spiro atoms. The Morgan fingerprint density at radius 2 is 2.00 bits per heavy atom. The Morgan fingerprint density at radius 3 is 2.60 bits per heavy atom. The summed E-state index contributed by atoms with van der Waals surface area (Å²) in [4.78, 5) is 4.10. The fourth-order valence-electron chi connectivity index (χ4n) is 1.77. The molecule has 0 aliphatic heterocycles. The monoisotopic (exact) mass is 504 g/mol. The molecule has 0 aliphatic rings. The third-order valence-electron chi connectivity index (χ3n) is 2.90. The standard InChI is InChI=1S/C15H28N4O3S2.HI/c1-13(2)12-22-10-5-7-17-15(16-3)18-8-9-19-24(20,21)14-6-4-11-23-14;/h4,6,11,13,19H,5,7-10,12H2,1-3H3,(H2,16,17,18);1H. The zero-order valence-corrected chi connectivity index (χ0v) is 18.9. The molecule has 1 rings (SSSR count). The third-order valence-corrected chi connectivity index (χ3v) is 5.76. The van der Waals surface area contributed by atoms with Crippen molar-refractivity contribution in [3.05, 3.63) is 17.5 Å². The van der Waals surface area contributed by atoms with Crippen LogP contribution in [-0.4, -0.2) is 54.3 Å². The minimum Gasteiger partial charge on any atom is -0.381 e. The lowest BCUT2D eigenvalue weighted by atomic mass is 10.2. The number of hydrogen-bond acceptors (Lipinski definition) is 5. The minimum atomic E-state index is -3.40. The van der Waals surface area contributed by atoms with E-state index in [4.69, 9.17) is 4.74 Å². The van der Waals surface area contributed by atoms with Gasteiger partial charge in [-0.25, -0.2) is 13.1 Å². The van der Waals surface area contributed by atoms with Crippen molar-refractivity contribution in [3.63, 3.8) is 0 Å². The molecule has 0 unspecified atom stereocenters. The van der Waals surface area contributed by atoms with Crippen LogP contribution < -0.4 is 15.4 Å². The van der Waals surface area contributed by atoms with Crippen molar-refractivity contribution in [1.82, 2.24) is 15.4 Å². The predicted molar refractivity (Wildman–Crippen MR) is 115 cm³/mol. The first-order valence-corrected chi connectivity index (χ1v) is 10.4. The Balaban J connectivity index is 0.00000576. The first-order valence-electron chi connectivity index (χ1n) is 8.01. The summed E-state index contributed by atoms with van der Waals surface area (Å²) < 4.78 is 32.3. The van der Waals surface area contributed by atoms with Crippen molar-refractivity contribution < 1.29 is 13.2 Å². The normalized spacial score (nSPS) is 12.1. The van der Waals surface area contributed by atoms with Gasteiger partial charge in [0.25, 0.3) is 0 Å². The molecule has 0 fully saturated rings. The summed E-state index contributed by atoms with van der Waals surface area (Å²) in [7, 11) is -1.72. The van der Waals surface area contributed by atoms with Gasteiger partial charge < -0.3 is 15.4 Å². The van der Waals surface area contributed by atoms with Crippen molar-refractivity contribution in [1.29, 1.82) is 0 Å². The summed E-state index contributed by atoms with van der Waals surface area (Å²) in [6.07, 6.45) is 0.887. The van der Waals surface area contributed by atoms with Crippen LogP contribution in [0.25, 0.3) is 0 Å². The van der Waals surface area contributed by atoms with Gasteiger partial charge in [-0.15, -0.1) is 35.3 Å². The largest absolute Gasteiger partial charge is 0.381 e. The zero-order chi connectivity index (χ0) is 17.8. The second kappa shape index (κ2) is 13.7. The Labute approximate surface area is 172 Å².